The molecule has 0 radical (unpaired) electrons. The second kappa shape index (κ2) is 9.80. The predicted octanol–water partition coefficient (Wildman–Crippen LogP) is 3.77. The van der Waals surface area contributed by atoms with Crippen LogP contribution < -0.4 is 10.0 Å². The number of pyridine rings is 1. The second-order valence-electron chi connectivity index (χ2n) is 7.02. The van der Waals surface area contributed by atoms with Crippen LogP contribution in [0.3, 0.4) is 0 Å². The zero-order valence-corrected chi connectivity index (χ0v) is 18.9. The van der Waals surface area contributed by atoms with E-state index in [0.717, 1.165) is 29.3 Å². The molecule has 6 nitrogen and oxygen atoms in total. The van der Waals surface area contributed by atoms with E-state index in [9.17, 15) is 8.42 Å². The van der Waals surface area contributed by atoms with Crippen LogP contribution in [0.4, 0.5) is 0 Å². The lowest BCUT2D eigenvalue weighted by Gasteiger charge is -2.15. The van der Waals surface area contributed by atoms with Gasteiger partial charge in [0, 0.05) is 30.4 Å². The maximum Gasteiger partial charge on any atom is 0.240 e. The van der Waals surface area contributed by atoms with Crippen molar-refractivity contribution in [2.24, 2.45) is 0 Å². The van der Waals surface area contributed by atoms with E-state index in [1.165, 1.54) is 10.3 Å². The van der Waals surface area contributed by atoms with Gasteiger partial charge in [0.1, 0.15) is 0 Å². The average molecular weight is 463 g/mol. The quantitative estimate of drug-likeness (QED) is 0.389. The highest BCUT2D eigenvalue weighted by atomic mass is 35.5. The molecule has 2 N–H and O–H groups in total. The number of thiazole rings is 1. The predicted molar refractivity (Wildman–Crippen MR) is 125 cm³/mol. The third kappa shape index (κ3) is 5.33. The van der Waals surface area contributed by atoms with E-state index in [1.54, 1.807) is 41.9 Å². The topological polar surface area (TPSA) is 84.0 Å². The summed E-state index contributed by atoms with van der Waals surface area (Å²) >= 11 is 1.64. The highest BCUT2D eigenvalue weighted by Crippen LogP contribution is 2.19. The molecule has 0 amide bonds. The molecule has 4 aromatic rings. The first-order valence-corrected chi connectivity index (χ1v) is 11.8. The summed E-state index contributed by atoms with van der Waals surface area (Å²) < 4.78 is 29.3. The summed E-state index contributed by atoms with van der Waals surface area (Å²) in [7, 11) is -3.58. The van der Waals surface area contributed by atoms with E-state index in [-0.39, 0.29) is 23.3 Å². The van der Waals surface area contributed by atoms with Crippen LogP contribution in [0.1, 0.15) is 12.5 Å². The SMILES string of the molecule is CC(CNCCc1ccc2scnc2c1)NS(=O)(=O)c1ccc2cnccc2c1.Cl. The molecule has 9 heteroatoms. The number of nitrogens with one attached hydrogen (secondary N) is 2. The molecule has 0 spiro atoms. The van der Waals surface area contributed by atoms with Gasteiger partial charge in [0.15, 0.2) is 0 Å². The van der Waals surface area contributed by atoms with Gasteiger partial charge in [-0.1, -0.05) is 12.1 Å². The van der Waals surface area contributed by atoms with Crippen LogP contribution in [0, 0.1) is 0 Å². The van der Waals surface area contributed by atoms with E-state index in [0.29, 0.717) is 6.54 Å². The first-order valence-electron chi connectivity index (χ1n) is 9.40. The standard InChI is InChI=1S/C21H22N4O2S2.ClH/c1-15(12-22-8-6-16-2-5-21-20(10-16)24-14-28-21)25-29(26,27)19-4-3-18-13-23-9-7-17(18)11-19;/h2-5,7,9-11,13-15,22,25H,6,8,12H2,1H3;1H. The molecule has 0 saturated heterocycles. The Morgan fingerprint density at radius 3 is 2.83 bits per heavy atom. The number of halogens is 1. The van der Waals surface area contributed by atoms with Gasteiger partial charge in [-0.25, -0.2) is 18.1 Å². The Kier molecular flexibility index (Phi) is 7.38. The van der Waals surface area contributed by atoms with Gasteiger partial charge in [-0.2, -0.15) is 0 Å². The molecular formula is C21H23ClN4O2S2. The van der Waals surface area contributed by atoms with E-state index in [1.807, 2.05) is 18.5 Å². The molecule has 0 aliphatic rings. The van der Waals surface area contributed by atoms with Gasteiger partial charge in [-0.05, 0) is 61.2 Å². The zero-order chi connectivity index (χ0) is 20.3. The number of benzene rings is 2. The zero-order valence-electron chi connectivity index (χ0n) is 16.4. The van der Waals surface area contributed by atoms with Crippen LogP contribution in [-0.2, 0) is 16.4 Å². The summed E-state index contributed by atoms with van der Waals surface area (Å²) in [5.74, 6) is 0. The van der Waals surface area contributed by atoms with Gasteiger partial charge in [-0.15, -0.1) is 23.7 Å². The van der Waals surface area contributed by atoms with Crippen LogP contribution >= 0.6 is 23.7 Å². The van der Waals surface area contributed by atoms with Crippen LogP contribution in [-0.4, -0.2) is 37.5 Å². The fraction of sp³-hybridized carbons (Fsp3) is 0.238. The molecule has 0 saturated carbocycles. The fourth-order valence-corrected chi connectivity index (χ4v) is 5.15. The molecule has 0 aliphatic heterocycles. The summed E-state index contributed by atoms with van der Waals surface area (Å²) in [5, 5.41) is 5.09. The molecule has 4 rings (SSSR count). The van der Waals surface area contributed by atoms with Crippen molar-refractivity contribution in [1.29, 1.82) is 0 Å². The van der Waals surface area contributed by atoms with Crippen molar-refractivity contribution in [2.75, 3.05) is 13.1 Å². The smallest absolute Gasteiger partial charge is 0.240 e. The van der Waals surface area contributed by atoms with Crippen molar-refractivity contribution in [3.8, 4) is 0 Å². The van der Waals surface area contributed by atoms with Crippen molar-refractivity contribution in [3.63, 3.8) is 0 Å². The van der Waals surface area contributed by atoms with Crippen molar-refractivity contribution >= 4 is 54.8 Å². The largest absolute Gasteiger partial charge is 0.315 e. The van der Waals surface area contributed by atoms with Gasteiger partial charge in [-0.3, -0.25) is 4.98 Å². The Bertz CT molecular complexity index is 1240. The lowest BCUT2D eigenvalue weighted by Crippen LogP contribution is -2.40. The van der Waals surface area contributed by atoms with Gasteiger partial charge in [0.2, 0.25) is 10.0 Å². The minimum absolute atomic E-state index is 0. The first-order chi connectivity index (χ1) is 14.0. The number of aromatic nitrogens is 2. The van der Waals surface area contributed by atoms with Crippen molar-refractivity contribution < 1.29 is 8.42 Å². The monoisotopic (exact) mass is 462 g/mol. The molecule has 30 heavy (non-hydrogen) atoms. The van der Waals surface area contributed by atoms with E-state index >= 15 is 0 Å². The summed E-state index contributed by atoms with van der Waals surface area (Å²) in [6, 6.07) is 13.0. The maximum absolute atomic E-state index is 12.7. The van der Waals surface area contributed by atoms with Crippen LogP contribution in [0.25, 0.3) is 21.0 Å². The highest BCUT2D eigenvalue weighted by molar-refractivity contribution is 7.89. The van der Waals surface area contributed by atoms with Crippen molar-refractivity contribution in [3.05, 3.63) is 65.9 Å². The molecule has 1 atom stereocenters. The third-order valence-electron chi connectivity index (χ3n) is 4.71. The average Bonchev–Trinajstić information content (AvgIpc) is 3.18. The summed E-state index contributed by atoms with van der Waals surface area (Å²) in [6.45, 7) is 3.18. The Labute approximate surface area is 186 Å². The molecule has 2 heterocycles. The third-order valence-corrected chi connectivity index (χ3v) is 7.11. The van der Waals surface area contributed by atoms with E-state index in [2.05, 4.69) is 38.2 Å². The molecule has 0 bridgehead atoms. The van der Waals surface area contributed by atoms with E-state index in [4.69, 9.17) is 0 Å². The normalized spacial score (nSPS) is 12.7. The highest BCUT2D eigenvalue weighted by Gasteiger charge is 2.17. The van der Waals surface area contributed by atoms with E-state index < -0.39 is 10.0 Å². The van der Waals surface area contributed by atoms with Gasteiger partial charge in [0.25, 0.3) is 0 Å². The van der Waals surface area contributed by atoms with Crippen LogP contribution in [0.15, 0.2) is 65.3 Å². The number of hydrogen-bond donors (Lipinski definition) is 2. The lowest BCUT2D eigenvalue weighted by atomic mass is 10.1. The van der Waals surface area contributed by atoms with Crippen LogP contribution in [0.2, 0.25) is 0 Å². The maximum atomic E-state index is 12.7. The second-order valence-corrected chi connectivity index (χ2v) is 9.62. The molecule has 0 fully saturated rings. The number of hydrogen-bond acceptors (Lipinski definition) is 6. The Morgan fingerprint density at radius 2 is 1.97 bits per heavy atom. The van der Waals surface area contributed by atoms with Crippen LogP contribution in [0.5, 0.6) is 0 Å². The Hall–Kier alpha value is -2.10. The summed E-state index contributed by atoms with van der Waals surface area (Å²) in [6.07, 6.45) is 4.24. The number of nitrogens with zero attached hydrogens (tertiary/aromatic N) is 2. The Balaban J connectivity index is 0.00000256. The molecule has 0 aliphatic carbocycles. The number of fused-ring (bicyclic) bond motifs is 2. The molecule has 2 aromatic carbocycles. The minimum atomic E-state index is -3.58. The van der Waals surface area contributed by atoms with Crippen molar-refractivity contribution in [1.82, 2.24) is 20.0 Å². The fourth-order valence-electron chi connectivity index (χ4n) is 3.21. The first kappa shape index (κ1) is 22.6. The molecular weight excluding hydrogens is 440 g/mol. The van der Waals surface area contributed by atoms with Crippen molar-refractivity contribution in [2.45, 2.75) is 24.3 Å². The van der Waals surface area contributed by atoms with Gasteiger partial charge >= 0.3 is 0 Å². The number of rotatable bonds is 8. The molecule has 1 unspecified atom stereocenters. The lowest BCUT2D eigenvalue weighted by molar-refractivity contribution is 0.537. The molecule has 2 aromatic heterocycles. The summed E-state index contributed by atoms with van der Waals surface area (Å²) in [4.78, 5) is 8.66. The van der Waals surface area contributed by atoms with Gasteiger partial charge in [0.05, 0.1) is 20.6 Å². The molecule has 158 valence electrons. The van der Waals surface area contributed by atoms with Gasteiger partial charge < -0.3 is 5.32 Å². The Morgan fingerprint density at radius 1 is 1.10 bits per heavy atom. The minimum Gasteiger partial charge on any atom is -0.315 e. The summed E-state index contributed by atoms with van der Waals surface area (Å²) in [5.41, 5.74) is 4.10. The number of sulfonamides is 1.